The lowest BCUT2D eigenvalue weighted by molar-refractivity contribution is -0.137. The van der Waals surface area contributed by atoms with Gasteiger partial charge in [0.25, 0.3) is 0 Å². The molecule has 0 bridgehead atoms. The van der Waals surface area contributed by atoms with Crippen molar-refractivity contribution in [3.8, 4) is 0 Å². The highest BCUT2D eigenvalue weighted by Gasteiger charge is 2.28. The minimum absolute atomic E-state index is 0.136. The predicted octanol–water partition coefficient (Wildman–Crippen LogP) is 4.09. The number of hydrogen-bond acceptors (Lipinski definition) is 1. The molecule has 0 radical (unpaired) electrons. The molecule has 0 atom stereocenters. The molecule has 0 rings (SSSR count). The second-order valence-electron chi connectivity index (χ2n) is 6.15. The Morgan fingerprint density at radius 1 is 1.07 bits per heavy atom. The molecule has 2 nitrogen and oxygen atoms in total. The van der Waals surface area contributed by atoms with Gasteiger partial charge in [-0.25, -0.2) is 0 Å². The Kier molecular flexibility index (Phi) is 5.33. The summed E-state index contributed by atoms with van der Waals surface area (Å²) >= 11 is 0. The van der Waals surface area contributed by atoms with Crippen LogP contribution in [0.2, 0.25) is 0 Å². The van der Waals surface area contributed by atoms with Crippen molar-refractivity contribution in [3.63, 3.8) is 0 Å². The van der Waals surface area contributed by atoms with Crippen LogP contribution in [0, 0.1) is 10.8 Å². The molecule has 2 heteroatoms. The zero-order chi connectivity index (χ0) is 12.1. The summed E-state index contributed by atoms with van der Waals surface area (Å²) in [4.78, 5) is 10.5. The van der Waals surface area contributed by atoms with E-state index in [1.165, 1.54) is 12.8 Å². The molecule has 0 spiro atoms. The number of carbonyl (C=O) groups is 1. The summed E-state index contributed by atoms with van der Waals surface area (Å²) in [6.45, 7) is 11.1. The van der Waals surface area contributed by atoms with Gasteiger partial charge in [0.05, 0.1) is 0 Å². The maximum atomic E-state index is 10.5. The molecule has 0 aromatic carbocycles. The van der Waals surface area contributed by atoms with Crippen LogP contribution in [0.4, 0.5) is 0 Å². The summed E-state index contributed by atoms with van der Waals surface area (Å²) in [5.74, 6) is -0.684. The third-order valence-corrected chi connectivity index (χ3v) is 2.90. The molecule has 0 saturated carbocycles. The first-order valence-electron chi connectivity index (χ1n) is 5.90. The Labute approximate surface area is 94.1 Å². The van der Waals surface area contributed by atoms with Crippen molar-refractivity contribution < 1.29 is 9.90 Å². The molecule has 0 aromatic heterocycles. The quantitative estimate of drug-likeness (QED) is 0.693. The zero-order valence-electron chi connectivity index (χ0n) is 10.9. The second-order valence-corrected chi connectivity index (χ2v) is 6.15. The number of aliphatic carboxylic acids is 1. The maximum absolute atomic E-state index is 10.5. The molecule has 0 saturated heterocycles. The Morgan fingerprint density at radius 3 is 1.93 bits per heavy atom. The second kappa shape index (κ2) is 5.53. The molecule has 0 aliphatic rings. The van der Waals surface area contributed by atoms with Gasteiger partial charge in [0, 0.05) is 6.42 Å². The topological polar surface area (TPSA) is 37.3 Å². The highest BCUT2D eigenvalue weighted by molar-refractivity contribution is 5.66. The summed E-state index contributed by atoms with van der Waals surface area (Å²) < 4.78 is 0. The van der Waals surface area contributed by atoms with Crippen LogP contribution < -0.4 is 0 Å². The standard InChI is InChI=1S/C13H26O2/c1-6-8-12(2,3)10-13(4,5)9-7-11(14)15/h6-10H2,1-5H3,(H,14,15). The third kappa shape index (κ3) is 7.40. The van der Waals surface area contributed by atoms with E-state index in [2.05, 4.69) is 34.6 Å². The summed E-state index contributed by atoms with van der Waals surface area (Å²) in [7, 11) is 0. The van der Waals surface area contributed by atoms with E-state index < -0.39 is 5.97 Å². The first-order valence-corrected chi connectivity index (χ1v) is 5.90. The lowest BCUT2D eigenvalue weighted by Crippen LogP contribution is -2.23. The first kappa shape index (κ1) is 14.5. The summed E-state index contributed by atoms with van der Waals surface area (Å²) in [5.41, 5.74) is 0.466. The van der Waals surface area contributed by atoms with Gasteiger partial charge in [0.2, 0.25) is 0 Å². The van der Waals surface area contributed by atoms with E-state index in [4.69, 9.17) is 5.11 Å². The van der Waals surface area contributed by atoms with Gasteiger partial charge in [0.1, 0.15) is 0 Å². The van der Waals surface area contributed by atoms with Crippen molar-refractivity contribution in [2.24, 2.45) is 10.8 Å². The van der Waals surface area contributed by atoms with Gasteiger partial charge < -0.3 is 5.11 Å². The molecule has 15 heavy (non-hydrogen) atoms. The van der Waals surface area contributed by atoms with E-state index in [1.807, 2.05) is 0 Å². The van der Waals surface area contributed by atoms with Crippen LogP contribution in [0.15, 0.2) is 0 Å². The van der Waals surface area contributed by atoms with Crippen LogP contribution in [0.1, 0.15) is 66.7 Å². The van der Waals surface area contributed by atoms with E-state index in [9.17, 15) is 4.79 Å². The summed E-state index contributed by atoms with van der Waals surface area (Å²) in [6.07, 6.45) is 4.57. The largest absolute Gasteiger partial charge is 0.481 e. The smallest absolute Gasteiger partial charge is 0.303 e. The molecular weight excluding hydrogens is 188 g/mol. The Balaban J connectivity index is 4.16. The maximum Gasteiger partial charge on any atom is 0.303 e. The predicted molar refractivity (Wildman–Crippen MR) is 64.0 cm³/mol. The third-order valence-electron chi connectivity index (χ3n) is 2.90. The van der Waals surface area contributed by atoms with Gasteiger partial charge >= 0.3 is 5.97 Å². The molecule has 0 aliphatic carbocycles. The van der Waals surface area contributed by atoms with Crippen molar-refractivity contribution in [1.82, 2.24) is 0 Å². The van der Waals surface area contributed by atoms with E-state index >= 15 is 0 Å². The van der Waals surface area contributed by atoms with Gasteiger partial charge in [-0.1, -0.05) is 41.0 Å². The minimum atomic E-state index is -0.684. The number of carboxylic acid groups (broad SMARTS) is 1. The molecule has 0 aromatic rings. The van der Waals surface area contributed by atoms with Crippen molar-refractivity contribution in [2.45, 2.75) is 66.7 Å². The van der Waals surface area contributed by atoms with Crippen LogP contribution in [0.3, 0.4) is 0 Å². The number of rotatable bonds is 7. The van der Waals surface area contributed by atoms with Gasteiger partial charge in [-0.3, -0.25) is 4.79 Å². The van der Waals surface area contributed by atoms with Crippen LogP contribution in [-0.4, -0.2) is 11.1 Å². The van der Waals surface area contributed by atoms with Gasteiger partial charge in [0.15, 0.2) is 0 Å². The fourth-order valence-electron chi connectivity index (χ4n) is 2.59. The number of hydrogen-bond donors (Lipinski definition) is 1. The van der Waals surface area contributed by atoms with Crippen LogP contribution >= 0.6 is 0 Å². The van der Waals surface area contributed by atoms with Crippen molar-refractivity contribution >= 4 is 5.97 Å². The molecule has 0 amide bonds. The Bertz CT molecular complexity index is 205. The Morgan fingerprint density at radius 2 is 1.53 bits per heavy atom. The number of carboxylic acids is 1. The van der Waals surface area contributed by atoms with E-state index in [-0.39, 0.29) is 11.8 Å². The first-order chi connectivity index (χ1) is 6.68. The molecular formula is C13H26O2. The van der Waals surface area contributed by atoms with Crippen LogP contribution in [0.25, 0.3) is 0 Å². The fourth-order valence-corrected chi connectivity index (χ4v) is 2.59. The average molecular weight is 214 g/mol. The highest BCUT2D eigenvalue weighted by atomic mass is 16.4. The summed E-state index contributed by atoms with van der Waals surface area (Å²) in [6, 6.07) is 0. The summed E-state index contributed by atoms with van der Waals surface area (Å²) in [5, 5.41) is 8.68. The zero-order valence-corrected chi connectivity index (χ0v) is 10.9. The van der Waals surface area contributed by atoms with Gasteiger partial charge in [-0.05, 0) is 30.1 Å². The lowest BCUT2D eigenvalue weighted by Gasteiger charge is -2.34. The van der Waals surface area contributed by atoms with Gasteiger partial charge in [-0.2, -0.15) is 0 Å². The van der Waals surface area contributed by atoms with Crippen molar-refractivity contribution in [3.05, 3.63) is 0 Å². The van der Waals surface area contributed by atoms with Crippen molar-refractivity contribution in [1.29, 1.82) is 0 Å². The highest BCUT2D eigenvalue weighted by Crippen LogP contribution is 2.39. The average Bonchev–Trinajstić information content (AvgIpc) is 1.98. The molecule has 0 aliphatic heterocycles. The monoisotopic (exact) mass is 214 g/mol. The van der Waals surface area contributed by atoms with Crippen molar-refractivity contribution in [2.75, 3.05) is 0 Å². The lowest BCUT2D eigenvalue weighted by atomic mass is 9.71. The minimum Gasteiger partial charge on any atom is -0.481 e. The van der Waals surface area contributed by atoms with E-state index in [0.29, 0.717) is 5.41 Å². The molecule has 1 N–H and O–H groups in total. The molecule has 90 valence electrons. The van der Waals surface area contributed by atoms with Crippen LogP contribution in [-0.2, 0) is 4.79 Å². The molecule has 0 fully saturated rings. The molecule has 0 unspecified atom stereocenters. The van der Waals surface area contributed by atoms with E-state index in [0.717, 1.165) is 12.8 Å². The van der Waals surface area contributed by atoms with Crippen LogP contribution in [0.5, 0.6) is 0 Å². The fraction of sp³-hybridized carbons (Fsp3) is 0.923. The van der Waals surface area contributed by atoms with E-state index in [1.54, 1.807) is 0 Å². The molecule has 0 heterocycles. The van der Waals surface area contributed by atoms with Gasteiger partial charge in [-0.15, -0.1) is 0 Å². The Hall–Kier alpha value is -0.530. The SMILES string of the molecule is CCCC(C)(C)CC(C)(C)CCC(=O)O. The normalized spacial score (nSPS) is 12.9.